The largest absolute Gasteiger partial charge is 0.374 e. The molecule has 1 aromatic rings. The lowest BCUT2D eigenvalue weighted by Crippen LogP contribution is -2.30. The van der Waals surface area contributed by atoms with Crippen LogP contribution in [0.5, 0.6) is 0 Å². The van der Waals surface area contributed by atoms with E-state index in [1.807, 2.05) is 6.26 Å². The average molecular weight is 254 g/mol. The number of carbonyl (C=O) groups excluding carboxylic acids is 1. The van der Waals surface area contributed by atoms with Crippen LogP contribution in [0.4, 0.5) is 10.1 Å². The van der Waals surface area contributed by atoms with Crippen LogP contribution >= 0.6 is 11.8 Å². The van der Waals surface area contributed by atoms with E-state index in [-0.39, 0.29) is 17.8 Å². The lowest BCUT2D eigenvalue weighted by molar-refractivity contribution is -0.127. The van der Waals surface area contributed by atoms with Gasteiger partial charge in [0.2, 0.25) is 5.91 Å². The molecule has 1 aliphatic rings. The summed E-state index contributed by atoms with van der Waals surface area (Å²) in [4.78, 5) is 14.0. The summed E-state index contributed by atoms with van der Waals surface area (Å²) in [7, 11) is 1.78. The standard InChI is InChI=1S/C12H15FN2OS/c1-15-6-5-10(12(15)16)14-8-3-4-11(17-2)9(13)7-8/h3-4,7,10,14H,5-6H2,1-2H3. The number of thioether (sulfide) groups is 1. The molecule has 1 amide bonds. The van der Waals surface area contributed by atoms with E-state index in [1.165, 1.54) is 17.8 Å². The normalized spacial score (nSPS) is 19.8. The van der Waals surface area contributed by atoms with Crippen LogP contribution in [0.1, 0.15) is 6.42 Å². The van der Waals surface area contributed by atoms with E-state index in [9.17, 15) is 9.18 Å². The minimum atomic E-state index is -0.249. The third-order valence-corrected chi connectivity index (χ3v) is 3.69. The third-order valence-electron chi connectivity index (χ3n) is 2.92. The lowest BCUT2D eigenvalue weighted by Gasteiger charge is -2.14. The Balaban J connectivity index is 2.09. The maximum Gasteiger partial charge on any atom is 0.244 e. The van der Waals surface area contributed by atoms with Crippen molar-refractivity contribution < 1.29 is 9.18 Å². The fourth-order valence-electron chi connectivity index (χ4n) is 1.91. The maximum atomic E-state index is 13.5. The van der Waals surface area contributed by atoms with Crippen molar-refractivity contribution in [3.63, 3.8) is 0 Å². The van der Waals surface area contributed by atoms with E-state index in [1.54, 1.807) is 24.1 Å². The summed E-state index contributed by atoms with van der Waals surface area (Å²) >= 11 is 1.37. The molecule has 0 spiro atoms. The molecular weight excluding hydrogens is 239 g/mol. The Labute approximate surface area is 104 Å². The molecule has 1 saturated heterocycles. The van der Waals surface area contributed by atoms with Gasteiger partial charge in [-0.1, -0.05) is 0 Å². The second-order valence-corrected chi connectivity index (χ2v) is 4.94. The summed E-state index contributed by atoms with van der Waals surface area (Å²) in [5.41, 5.74) is 0.661. The highest BCUT2D eigenvalue weighted by molar-refractivity contribution is 7.98. The zero-order chi connectivity index (χ0) is 12.4. The number of carbonyl (C=O) groups is 1. The second kappa shape index (κ2) is 4.96. The Hall–Kier alpha value is -1.23. The molecule has 92 valence electrons. The van der Waals surface area contributed by atoms with Crippen molar-refractivity contribution in [1.29, 1.82) is 0 Å². The molecule has 1 fully saturated rings. The summed E-state index contributed by atoms with van der Waals surface area (Å²) in [6.07, 6.45) is 2.60. The Bertz CT molecular complexity index is 439. The molecule has 1 N–H and O–H groups in total. The molecule has 0 bridgehead atoms. The van der Waals surface area contributed by atoms with Crippen LogP contribution in [0.15, 0.2) is 23.1 Å². The molecule has 1 aliphatic heterocycles. The van der Waals surface area contributed by atoms with Gasteiger partial charge in [-0.15, -0.1) is 11.8 Å². The van der Waals surface area contributed by atoms with Crippen molar-refractivity contribution in [2.45, 2.75) is 17.4 Å². The Kier molecular flexibility index (Phi) is 3.57. The zero-order valence-corrected chi connectivity index (χ0v) is 10.7. The Morgan fingerprint density at radius 3 is 2.82 bits per heavy atom. The number of hydrogen-bond acceptors (Lipinski definition) is 3. The molecule has 1 unspecified atom stereocenters. The quantitative estimate of drug-likeness (QED) is 0.839. The van der Waals surface area contributed by atoms with Gasteiger partial charge in [0.25, 0.3) is 0 Å². The highest BCUT2D eigenvalue weighted by Gasteiger charge is 2.28. The summed E-state index contributed by atoms with van der Waals surface area (Å²) < 4.78 is 13.5. The predicted molar refractivity (Wildman–Crippen MR) is 67.8 cm³/mol. The van der Waals surface area contributed by atoms with Gasteiger partial charge in [0.15, 0.2) is 0 Å². The summed E-state index contributed by atoms with van der Waals surface area (Å²) in [6, 6.07) is 4.75. The number of rotatable bonds is 3. The van der Waals surface area contributed by atoms with Gasteiger partial charge in [-0.2, -0.15) is 0 Å². The molecule has 0 aromatic heterocycles. The van der Waals surface area contributed by atoms with E-state index in [0.717, 1.165) is 13.0 Å². The van der Waals surface area contributed by atoms with Crippen molar-refractivity contribution >= 4 is 23.4 Å². The van der Waals surface area contributed by atoms with Crippen LogP contribution in [0.2, 0.25) is 0 Å². The smallest absolute Gasteiger partial charge is 0.244 e. The minimum absolute atomic E-state index is 0.0688. The molecule has 1 atom stereocenters. The molecule has 1 heterocycles. The number of likely N-dealkylation sites (N-methyl/N-ethyl adjacent to an activating group) is 1. The average Bonchev–Trinajstić information content (AvgIpc) is 2.61. The van der Waals surface area contributed by atoms with Crippen molar-refractivity contribution in [1.82, 2.24) is 4.90 Å². The summed E-state index contributed by atoms with van der Waals surface area (Å²) in [5.74, 6) is -0.180. The Morgan fingerprint density at radius 1 is 1.53 bits per heavy atom. The van der Waals surface area contributed by atoms with Gasteiger partial charge in [-0.3, -0.25) is 4.79 Å². The van der Waals surface area contributed by atoms with E-state index in [2.05, 4.69) is 5.32 Å². The molecular formula is C12H15FN2OS. The fraction of sp³-hybridized carbons (Fsp3) is 0.417. The highest BCUT2D eigenvalue weighted by Crippen LogP contribution is 2.23. The molecule has 5 heteroatoms. The van der Waals surface area contributed by atoms with Crippen molar-refractivity contribution in [3.05, 3.63) is 24.0 Å². The number of nitrogens with zero attached hydrogens (tertiary/aromatic N) is 1. The first-order valence-corrected chi connectivity index (χ1v) is 6.69. The second-order valence-electron chi connectivity index (χ2n) is 4.09. The maximum absolute atomic E-state index is 13.5. The van der Waals surface area contributed by atoms with Crippen LogP contribution in [0.25, 0.3) is 0 Å². The van der Waals surface area contributed by atoms with Crippen molar-refractivity contribution in [2.24, 2.45) is 0 Å². The number of halogens is 1. The molecule has 2 rings (SSSR count). The number of amides is 1. The number of anilines is 1. The summed E-state index contributed by atoms with van der Waals surface area (Å²) in [5, 5.41) is 3.07. The van der Waals surface area contributed by atoms with Gasteiger partial charge in [0.05, 0.1) is 0 Å². The third kappa shape index (κ3) is 2.54. The first kappa shape index (κ1) is 12.2. The molecule has 0 radical (unpaired) electrons. The van der Waals surface area contributed by atoms with Crippen LogP contribution in [0.3, 0.4) is 0 Å². The summed E-state index contributed by atoms with van der Waals surface area (Å²) in [6.45, 7) is 0.752. The van der Waals surface area contributed by atoms with E-state index < -0.39 is 0 Å². The van der Waals surface area contributed by atoms with Gasteiger partial charge in [0.1, 0.15) is 11.9 Å². The van der Waals surface area contributed by atoms with E-state index >= 15 is 0 Å². The SMILES string of the molecule is CSc1ccc(NC2CCN(C)C2=O)cc1F. The molecule has 1 aromatic carbocycles. The monoisotopic (exact) mass is 254 g/mol. The molecule has 0 saturated carbocycles. The molecule has 0 aliphatic carbocycles. The van der Waals surface area contributed by atoms with Crippen LogP contribution in [0, 0.1) is 5.82 Å². The minimum Gasteiger partial charge on any atom is -0.374 e. The number of nitrogens with one attached hydrogen (secondary N) is 1. The van der Waals surface area contributed by atoms with Gasteiger partial charge >= 0.3 is 0 Å². The van der Waals surface area contributed by atoms with Gasteiger partial charge in [-0.25, -0.2) is 4.39 Å². The molecule has 3 nitrogen and oxygen atoms in total. The van der Waals surface area contributed by atoms with Crippen molar-refractivity contribution in [2.75, 3.05) is 25.2 Å². The van der Waals surface area contributed by atoms with Gasteiger partial charge in [0, 0.05) is 24.2 Å². The van der Waals surface area contributed by atoms with Gasteiger partial charge in [-0.05, 0) is 30.9 Å². The van der Waals surface area contributed by atoms with E-state index in [4.69, 9.17) is 0 Å². The first-order chi connectivity index (χ1) is 8.11. The fourth-order valence-corrected chi connectivity index (χ4v) is 2.37. The lowest BCUT2D eigenvalue weighted by atomic mass is 10.2. The highest BCUT2D eigenvalue weighted by atomic mass is 32.2. The van der Waals surface area contributed by atoms with E-state index in [0.29, 0.717) is 10.6 Å². The predicted octanol–water partition coefficient (Wildman–Crippen LogP) is 2.19. The van der Waals surface area contributed by atoms with Gasteiger partial charge < -0.3 is 10.2 Å². The van der Waals surface area contributed by atoms with Crippen molar-refractivity contribution in [3.8, 4) is 0 Å². The number of likely N-dealkylation sites (tertiary alicyclic amines) is 1. The number of benzene rings is 1. The topological polar surface area (TPSA) is 32.3 Å². The van der Waals surface area contributed by atoms with Crippen LogP contribution in [-0.2, 0) is 4.79 Å². The zero-order valence-electron chi connectivity index (χ0n) is 9.87. The van der Waals surface area contributed by atoms with Crippen LogP contribution < -0.4 is 5.32 Å². The molecule has 17 heavy (non-hydrogen) atoms. The Morgan fingerprint density at radius 2 is 2.29 bits per heavy atom. The first-order valence-electron chi connectivity index (χ1n) is 5.47. The number of hydrogen-bond donors (Lipinski definition) is 1. The van der Waals surface area contributed by atoms with Crippen LogP contribution in [-0.4, -0.2) is 36.7 Å².